The molecule has 1 N–H and O–H groups in total. The molecule has 0 bridgehead atoms. The van der Waals surface area contributed by atoms with E-state index >= 15 is 0 Å². The van der Waals surface area contributed by atoms with E-state index in [-0.39, 0.29) is 17.9 Å². The minimum atomic E-state index is -0.163. The Morgan fingerprint density at radius 2 is 1.74 bits per heavy atom. The fraction of sp³-hybridized carbons (Fsp3) is 0.296. The number of benzene rings is 2. The lowest BCUT2D eigenvalue weighted by Crippen LogP contribution is -2.48. The standard InChI is InChI=1S/C27H27N5O2/c1-19-21(27(34)32-24-10-6-5-9-23(24)29-26(32)22(19)17-28)11-12-25(33)31-15-13-30(14-16-31)18-20-7-3-2-4-8-20/h2-10,29H,11-16,18H2,1H3. The molecule has 0 atom stereocenters. The van der Waals surface area contributed by atoms with E-state index in [1.54, 1.807) is 11.3 Å². The highest BCUT2D eigenvalue weighted by molar-refractivity contribution is 5.83. The number of nitrogens with one attached hydrogen (secondary N) is 1. The summed E-state index contributed by atoms with van der Waals surface area (Å²) in [6.45, 7) is 5.74. The molecule has 0 saturated carbocycles. The number of piperazine rings is 1. The minimum Gasteiger partial charge on any atom is -0.340 e. The molecule has 1 saturated heterocycles. The molecule has 3 heterocycles. The smallest absolute Gasteiger partial charge is 0.260 e. The van der Waals surface area contributed by atoms with Crippen LogP contribution < -0.4 is 5.56 Å². The molecule has 4 aromatic rings. The summed E-state index contributed by atoms with van der Waals surface area (Å²) < 4.78 is 1.57. The molecule has 2 aromatic carbocycles. The maximum Gasteiger partial charge on any atom is 0.260 e. The summed E-state index contributed by atoms with van der Waals surface area (Å²) in [5, 5.41) is 9.80. The van der Waals surface area contributed by atoms with Crippen LogP contribution in [0.4, 0.5) is 0 Å². The first kappa shape index (κ1) is 21.9. The van der Waals surface area contributed by atoms with E-state index in [0.29, 0.717) is 41.8 Å². The van der Waals surface area contributed by atoms with E-state index in [1.807, 2.05) is 47.4 Å². The van der Waals surface area contributed by atoms with Crippen LogP contribution in [0.3, 0.4) is 0 Å². The van der Waals surface area contributed by atoms with Crippen molar-refractivity contribution in [3.63, 3.8) is 0 Å². The average Bonchev–Trinajstić information content (AvgIpc) is 3.24. The first-order chi connectivity index (χ1) is 16.6. The maximum absolute atomic E-state index is 13.4. The van der Waals surface area contributed by atoms with E-state index in [0.717, 1.165) is 30.7 Å². The van der Waals surface area contributed by atoms with Gasteiger partial charge in [-0.2, -0.15) is 5.26 Å². The number of fused-ring (bicyclic) bond motifs is 3. The Bertz CT molecular complexity index is 1450. The van der Waals surface area contributed by atoms with Crippen molar-refractivity contribution >= 4 is 22.6 Å². The number of H-pyrrole nitrogens is 1. The number of imidazole rings is 1. The molecule has 5 rings (SSSR count). The summed E-state index contributed by atoms with van der Waals surface area (Å²) in [4.78, 5) is 33.8. The fourth-order valence-corrected chi connectivity index (χ4v) is 4.91. The molecular weight excluding hydrogens is 426 g/mol. The second-order valence-electron chi connectivity index (χ2n) is 8.86. The molecule has 172 valence electrons. The van der Waals surface area contributed by atoms with Crippen LogP contribution in [0.5, 0.6) is 0 Å². The molecule has 1 aliphatic heterocycles. The van der Waals surface area contributed by atoms with E-state index < -0.39 is 0 Å². The van der Waals surface area contributed by atoms with Crippen LogP contribution in [0.15, 0.2) is 59.4 Å². The van der Waals surface area contributed by atoms with Crippen LogP contribution in [-0.4, -0.2) is 51.3 Å². The number of para-hydroxylation sites is 2. The van der Waals surface area contributed by atoms with Crippen molar-refractivity contribution in [3.8, 4) is 6.07 Å². The first-order valence-corrected chi connectivity index (χ1v) is 11.7. The van der Waals surface area contributed by atoms with Gasteiger partial charge in [0.25, 0.3) is 5.56 Å². The highest BCUT2D eigenvalue weighted by atomic mass is 16.2. The summed E-state index contributed by atoms with van der Waals surface area (Å²) in [5.74, 6) is 0.0562. The maximum atomic E-state index is 13.4. The Morgan fingerprint density at radius 3 is 2.47 bits per heavy atom. The predicted molar refractivity (Wildman–Crippen MR) is 132 cm³/mol. The largest absolute Gasteiger partial charge is 0.340 e. The summed E-state index contributed by atoms with van der Waals surface area (Å²) >= 11 is 0. The Balaban J connectivity index is 1.31. The van der Waals surface area contributed by atoms with Crippen molar-refractivity contribution in [2.75, 3.05) is 26.2 Å². The van der Waals surface area contributed by atoms with Gasteiger partial charge in [-0.05, 0) is 36.6 Å². The second-order valence-corrected chi connectivity index (χ2v) is 8.86. The third kappa shape index (κ3) is 3.97. The lowest BCUT2D eigenvalue weighted by molar-refractivity contribution is -0.133. The van der Waals surface area contributed by atoms with Gasteiger partial charge in [-0.25, -0.2) is 0 Å². The van der Waals surface area contributed by atoms with Crippen molar-refractivity contribution in [2.45, 2.75) is 26.3 Å². The number of nitrogens with zero attached hydrogens (tertiary/aromatic N) is 4. The molecule has 7 nitrogen and oxygen atoms in total. The molecule has 2 aromatic heterocycles. The monoisotopic (exact) mass is 453 g/mol. The quantitative estimate of drug-likeness (QED) is 0.503. The van der Waals surface area contributed by atoms with Gasteiger partial charge in [-0.3, -0.25) is 18.9 Å². The molecule has 0 spiro atoms. The van der Waals surface area contributed by atoms with Gasteiger partial charge in [0.15, 0.2) is 0 Å². The third-order valence-corrected chi connectivity index (χ3v) is 6.82. The molecule has 0 unspecified atom stereocenters. The number of carbonyl (C=O) groups is 1. The number of rotatable bonds is 5. The Morgan fingerprint density at radius 1 is 1.03 bits per heavy atom. The Kier molecular flexibility index (Phi) is 5.91. The second kappa shape index (κ2) is 9.16. The molecule has 0 aliphatic carbocycles. The third-order valence-electron chi connectivity index (χ3n) is 6.82. The molecule has 7 heteroatoms. The van der Waals surface area contributed by atoms with Crippen molar-refractivity contribution in [3.05, 3.63) is 87.2 Å². The molecular formula is C27H27N5O2. The number of nitriles is 1. The number of amides is 1. The minimum absolute atomic E-state index is 0.0562. The molecule has 34 heavy (non-hydrogen) atoms. The zero-order chi connectivity index (χ0) is 23.7. The molecule has 1 amide bonds. The normalized spacial score (nSPS) is 14.5. The Hall–Kier alpha value is -3.89. The van der Waals surface area contributed by atoms with Crippen molar-refractivity contribution < 1.29 is 4.79 Å². The van der Waals surface area contributed by atoms with Crippen LogP contribution in [0.25, 0.3) is 16.7 Å². The fourth-order valence-electron chi connectivity index (χ4n) is 4.91. The van der Waals surface area contributed by atoms with Crippen molar-refractivity contribution in [2.24, 2.45) is 0 Å². The van der Waals surface area contributed by atoms with Gasteiger partial charge in [0.05, 0.1) is 16.6 Å². The number of carbonyl (C=O) groups excluding carboxylic acids is 1. The molecule has 0 radical (unpaired) electrons. The lowest BCUT2D eigenvalue weighted by Gasteiger charge is -2.34. The van der Waals surface area contributed by atoms with Crippen LogP contribution in [0, 0.1) is 18.3 Å². The van der Waals surface area contributed by atoms with Gasteiger partial charge in [-0.15, -0.1) is 0 Å². The van der Waals surface area contributed by atoms with Gasteiger partial charge in [0.2, 0.25) is 5.91 Å². The number of pyridine rings is 1. The van der Waals surface area contributed by atoms with Crippen LogP contribution in [0.1, 0.15) is 28.7 Å². The zero-order valence-electron chi connectivity index (χ0n) is 19.3. The van der Waals surface area contributed by atoms with Gasteiger partial charge in [0, 0.05) is 44.7 Å². The van der Waals surface area contributed by atoms with Crippen LogP contribution in [0.2, 0.25) is 0 Å². The van der Waals surface area contributed by atoms with E-state index in [1.165, 1.54) is 5.56 Å². The van der Waals surface area contributed by atoms with Crippen LogP contribution in [-0.2, 0) is 17.8 Å². The van der Waals surface area contributed by atoms with E-state index in [2.05, 4.69) is 28.1 Å². The lowest BCUT2D eigenvalue weighted by atomic mass is 10.0. The van der Waals surface area contributed by atoms with Crippen LogP contribution >= 0.6 is 0 Å². The predicted octanol–water partition coefficient (Wildman–Crippen LogP) is 3.24. The molecule has 1 fully saturated rings. The summed E-state index contributed by atoms with van der Waals surface area (Å²) in [6.07, 6.45) is 0.582. The highest BCUT2D eigenvalue weighted by Gasteiger charge is 2.23. The Labute approximate surface area is 197 Å². The van der Waals surface area contributed by atoms with E-state index in [9.17, 15) is 14.9 Å². The molecule has 1 aliphatic rings. The van der Waals surface area contributed by atoms with Gasteiger partial charge < -0.3 is 9.88 Å². The first-order valence-electron chi connectivity index (χ1n) is 11.7. The number of aromatic amines is 1. The van der Waals surface area contributed by atoms with Crippen molar-refractivity contribution in [1.82, 2.24) is 19.2 Å². The van der Waals surface area contributed by atoms with Gasteiger partial charge in [0.1, 0.15) is 11.7 Å². The number of hydrogen-bond acceptors (Lipinski definition) is 4. The van der Waals surface area contributed by atoms with Gasteiger partial charge >= 0.3 is 0 Å². The summed E-state index contributed by atoms with van der Waals surface area (Å²) in [7, 11) is 0. The topological polar surface area (TPSA) is 84.6 Å². The number of aromatic nitrogens is 2. The van der Waals surface area contributed by atoms with E-state index in [4.69, 9.17) is 0 Å². The number of hydrogen-bond donors (Lipinski definition) is 1. The SMILES string of the molecule is Cc1c(CCC(=O)N2CCN(Cc3ccccc3)CC2)c(=O)n2c([nH]c3ccccc32)c1C#N. The highest BCUT2D eigenvalue weighted by Crippen LogP contribution is 2.22. The van der Waals surface area contributed by atoms with Gasteiger partial charge in [-0.1, -0.05) is 42.5 Å². The summed E-state index contributed by atoms with van der Waals surface area (Å²) in [6, 6.07) is 20.1. The summed E-state index contributed by atoms with van der Waals surface area (Å²) in [5.41, 5.74) is 4.81. The van der Waals surface area contributed by atoms with Crippen molar-refractivity contribution in [1.29, 1.82) is 5.26 Å². The zero-order valence-corrected chi connectivity index (χ0v) is 19.3. The average molecular weight is 454 g/mol.